The molecule has 1 aromatic rings. The number of amides is 1. The van der Waals surface area contributed by atoms with Gasteiger partial charge in [0.25, 0.3) is 0 Å². The molecular formula is C21H32N2O2. The van der Waals surface area contributed by atoms with Crippen LogP contribution in [0.25, 0.3) is 0 Å². The first-order valence-electron chi connectivity index (χ1n) is 9.89. The van der Waals surface area contributed by atoms with Crippen LogP contribution in [0.2, 0.25) is 0 Å². The first-order chi connectivity index (χ1) is 12.2. The van der Waals surface area contributed by atoms with Crippen LogP contribution in [0.1, 0.15) is 57.4 Å². The van der Waals surface area contributed by atoms with Gasteiger partial charge in [-0.25, -0.2) is 4.79 Å². The van der Waals surface area contributed by atoms with Gasteiger partial charge in [0.05, 0.1) is 0 Å². The molecule has 0 heterocycles. The van der Waals surface area contributed by atoms with Crippen molar-refractivity contribution in [2.75, 3.05) is 6.54 Å². The molecule has 4 nitrogen and oxygen atoms in total. The molecule has 4 heteroatoms. The molecular weight excluding hydrogens is 312 g/mol. The van der Waals surface area contributed by atoms with Crippen molar-refractivity contribution in [3.05, 3.63) is 35.9 Å². The third-order valence-electron chi connectivity index (χ3n) is 5.70. The van der Waals surface area contributed by atoms with Gasteiger partial charge in [-0.2, -0.15) is 0 Å². The minimum atomic E-state index is -0.302. The van der Waals surface area contributed by atoms with E-state index in [1.54, 1.807) is 0 Å². The molecule has 0 saturated heterocycles. The fourth-order valence-electron chi connectivity index (χ4n) is 4.15. The van der Waals surface area contributed by atoms with E-state index >= 15 is 0 Å². The highest BCUT2D eigenvalue weighted by atomic mass is 16.5. The molecule has 0 spiro atoms. The average molecular weight is 344 g/mol. The van der Waals surface area contributed by atoms with Gasteiger partial charge >= 0.3 is 6.09 Å². The summed E-state index contributed by atoms with van der Waals surface area (Å²) in [4.78, 5) is 11.8. The zero-order chi connectivity index (χ0) is 17.5. The van der Waals surface area contributed by atoms with Crippen molar-refractivity contribution >= 4 is 6.09 Å². The summed E-state index contributed by atoms with van der Waals surface area (Å²) in [5.74, 6) is 1.83. The molecule has 0 aliphatic heterocycles. The molecule has 3 rings (SSSR count). The molecule has 2 atom stereocenters. The van der Waals surface area contributed by atoms with E-state index < -0.39 is 0 Å². The third-order valence-corrected chi connectivity index (χ3v) is 5.70. The number of carbonyl (C=O) groups is 1. The molecule has 0 bridgehead atoms. The van der Waals surface area contributed by atoms with Crippen molar-refractivity contribution in [2.45, 2.75) is 70.6 Å². The molecule has 2 unspecified atom stereocenters. The van der Waals surface area contributed by atoms with Crippen LogP contribution >= 0.6 is 0 Å². The van der Waals surface area contributed by atoms with Gasteiger partial charge in [-0.15, -0.1) is 0 Å². The molecule has 1 amide bonds. The van der Waals surface area contributed by atoms with Crippen molar-refractivity contribution in [1.29, 1.82) is 0 Å². The maximum Gasteiger partial charge on any atom is 0.407 e. The van der Waals surface area contributed by atoms with Gasteiger partial charge in [0.1, 0.15) is 6.61 Å². The highest BCUT2D eigenvalue weighted by Gasteiger charge is 2.30. The third kappa shape index (κ3) is 6.03. The predicted molar refractivity (Wildman–Crippen MR) is 100 cm³/mol. The Labute approximate surface area is 151 Å². The van der Waals surface area contributed by atoms with Gasteiger partial charge in [0.15, 0.2) is 0 Å². The molecule has 2 aliphatic rings. The van der Waals surface area contributed by atoms with Crippen LogP contribution in [0.3, 0.4) is 0 Å². The van der Waals surface area contributed by atoms with Crippen LogP contribution in [0.5, 0.6) is 0 Å². The Balaban J connectivity index is 1.22. The Bertz CT molecular complexity index is 528. The normalized spacial score (nSPS) is 28.8. The fourth-order valence-corrected chi connectivity index (χ4v) is 4.15. The summed E-state index contributed by atoms with van der Waals surface area (Å²) in [7, 11) is 0. The summed E-state index contributed by atoms with van der Waals surface area (Å²) in [5, 5.41) is 6.61. The Kier molecular flexibility index (Phi) is 6.74. The largest absolute Gasteiger partial charge is 0.445 e. The molecule has 138 valence electrons. The second-order valence-electron chi connectivity index (χ2n) is 7.95. The number of alkyl carbamates (subject to hydrolysis) is 1. The van der Waals surface area contributed by atoms with Crippen molar-refractivity contribution in [1.82, 2.24) is 10.6 Å². The van der Waals surface area contributed by atoms with Gasteiger partial charge in [0, 0.05) is 12.1 Å². The second kappa shape index (κ2) is 9.23. The Hall–Kier alpha value is -1.55. The predicted octanol–water partition coefficient (Wildman–Crippen LogP) is 4.25. The molecule has 2 N–H and O–H groups in total. The molecule has 0 radical (unpaired) electrons. The second-order valence-corrected chi connectivity index (χ2v) is 7.95. The topological polar surface area (TPSA) is 50.4 Å². The maximum absolute atomic E-state index is 11.8. The highest BCUT2D eigenvalue weighted by molar-refractivity contribution is 5.67. The van der Waals surface area contributed by atoms with Crippen molar-refractivity contribution in [3.63, 3.8) is 0 Å². The molecule has 1 aromatic carbocycles. The molecule has 0 aromatic heterocycles. The number of hydrogen-bond acceptors (Lipinski definition) is 3. The van der Waals surface area contributed by atoms with Gasteiger partial charge in [-0.05, 0) is 49.6 Å². The summed E-state index contributed by atoms with van der Waals surface area (Å²) >= 11 is 0. The van der Waals surface area contributed by atoms with E-state index in [1.807, 2.05) is 30.3 Å². The fraction of sp³-hybridized carbons (Fsp3) is 0.667. The van der Waals surface area contributed by atoms with E-state index in [1.165, 1.54) is 32.1 Å². The Morgan fingerprint density at radius 1 is 1.12 bits per heavy atom. The van der Waals surface area contributed by atoms with Crippen molar-refractivity contribution in [3.8, 4) is 0 Å². The average Bonchev–Trinajstić information content (AvgIpc) is 2.58. The van der Waals surface area contributed by atoms with E-state index in [-0.39, 0.29) is 12.1 Å². The van der Waals surface area contributed by atoms with Crippen LogP contribution < -0.4 is 10.6 Å². The first-order valence-corrected chi connectivity index (χ1v) is 9.89. The highest BCUT2D eigenvalue weighted by Crippen LogP contribution is 2.30. The van der Waals surface area contributed by atoms with E-state index in [0.29, 0.717) is 12.6 Å². The lowest BCUT2D eigenvalue weighted by Crippen LogP contribution is -2.52. The van der Waals surface area contributed by atoms with E-state index in [0.717, 1.165) is 36.8 Å². The monoisotopic (exact) mass is 344 g/mol. The van der Waals surface area contributed by atoms with E-state index in [2.05, 4.69) is 17.6 Å². The number of nitrogens with one attached hydrogen (secondary N) is 2. The number of ether oxygens (including phenoxy) is 1. The maximum atomic E-state index is 11.8. The smallest absolute Gasteiger partial charge is 0.407 e. The summed E-state index contributed by atoms with van der Waals surface area (Å²) in [6.07, 6.45) is 8.68. The van der Waals surface area contributed by atoms with E-state index in [4.69, 9.17) is 4.74 Å². The zero-order valence-electron chi connectivity index (χ0n) is 15.4. The van der Waals surface area contributed by atoms with E-state index in [9.17, 15) is 4.79 Å². The van der Waals surface area contributed by atoms with Crippen molar-refractivity contribution in [2.24, 2.45) is 11.8 Å². The lowest BCUT2D eigenvalue weighted by molar-refractivity contribution is 0.125. The zero-order valence-corrected chi connectivity index (χ0v) is 15.4. The van der Waals surface area contributed by atoms with Crippen LogP contribution in [0.4, 0.5) is 4.79 Å². The minimum absolute atomic E-state index is 0.260. The van der Waals surface area contributed by atoms with Crippen LogP contribution in [-0.4, -0.2) is 24.7 Å². The van der Waals surface area contributed by atoms with Gasteiger partial charge in [0.2, 0.25) is 0 Å². The van der Waals surface area contributed by atoms with Crippen LogP contribution in [-0.2, 0) is 11.3 Å². The summed E-state index contributed by atoms with van der Waals surface area (Å²) in [6.45, 7) is 3.84. The minimum Gasteiger partial charge on any atom is -0.445 e. The molecule has 2 saturated carbocycles. The standard InChI is InChI=1S/C21H32N2O2/c1-16-6-5-9-17(12-16)10-11-22-19-13-20(14-19)23-21(24)25-15-18-7-3-2-4-8-18/h2-4,7-8,16-17,19-20,22H,5-6,9-15H2,1H3,(H,23,24). The Morgan fingerprint density at radius 2 is 1.92 bits per heavy atom. The molecule has 2 aliphatic carbocycles. The summed E-state index contributed by atoms with van der Waals surface area (Å²) < 4.78 is 5.27. The number of benzene rings is 1. The van der Waals surface area contributed by atoms with Gasteiger partial charge < -0.3 is 15.4 Å². The number of carbonyl (C=O) groups excluding carboxylic acids is 1. The Morgan fingerprint density at radius 3 is 2.68 bits per heavy atom. The number of rotatable bonds is 7. The van der Waals surface area contributed by atoms with Crippen LogP contribution in [0, 0.1) is 11.8 Å². The lowest BCUT2D eigenvalue weighted by atomic mass is 9.80. The van der Waals surface area contributed by atoms with Crippen LogP contribution in [0.15, 0.2) is 30.3 Å². The molecule has 25 heavy (non-hydrogen) atoms. The summed E-state index contributed by atoms with van der Waals surface area (Å²) in [5.41, 5.74) is 1.02. The quantitative estimate of drug-likeness (QED) is 0.777. The number of hydrogen-bond donors (Lipinski definition) is 2. The molecule has 2 fully saturated rings. The van der Waals surface area contributed by atoms with Gasteiger partial charge in [-0.1, -0.05) is 56.5 Å². The SMILES string of the molecule is CC1CCCC(CCNC2CC(NC(=O)OCc3ccccc3)C2)C1. The van der Waals surface area contributed by atoms with Crippen molar-refractivity contribution < 1.29 is 9.53 Å². The van der Waals surface area contributed by atoms with Gasteiger partial charge in [-0.3, -0.25) is 0 Å². The summed E-state index contributed by atoms with van der Waals surface area (Å²) in [6, 6.07) is 10.6. The first kappa shape index (κ1) is 18.2. The lowest BCUT2D eigenvalue weighted by Gasteiger charge is -2.36.